The molecule has 0 fully saturated rings. The summed E-state index contributed by atoms with van der Waals surface area (Å²) in [6.07, 6.45) is 0. The molecule has 3 nitrogen and oxygen atoms in total. The van der Waals surface area contributed by atoms with Crippen molar-refractivity contribution in [1.82, 2.24) is 0 Å². The van der Waals surface area contributed by atoms with E-state index in [1.165, 1.54) is 55.6 Å². The Morgan fingerprint density at radius 1 is 0.455 bits per heavy atom. The van der Waals surface area contributed by atoms with Crippen molar-refractivity contribution in [3.8, 4) is 33.4 Å². The molecular formula is C40H52O3P+. The van der Waals surface area contributed by atoms with E-state index >= 15 is 0 Å². The van der Waals surface area contributed by atoms with Crippen molar-refractivity contribution in [1.29, 1.82) is 0 Å². The molecule has 0 aliphatic heterocycles. The van der Waals surface area contributed by atoms with Crippen LogP contribution in [0.5, 0.6) is 0 Å². The molecule has 234 valence electrons. The smallest absolute Gasteiger partial charge is 0.134 e. The van der Waals surface area contributed by atoms with Crippen LogP contribution in [-0.2, 0) is 26.2 Å². The predicted octanol–water partition coefficient (Wildman–Crippen LogP) is 11.5. The van der Waals surface area contributed by atoms with Gasteiger partial charge < -0.3 is 0 Å². The Balaban J connectivity index is 0.00000124. The molecule has 2 N–H and O–H groups in total. The molecule has 4 aromatic rings. The van der Waals surface area contributed by atoms with Gasteiger partial charge in [0, 0.05) is 4.57 Å². The van der Waals surface area contributed by atoms with Crippen LogP contribution >= 0.6 is 8.25 Å². The number of rotatable bonds is 3. The molecule has 4 rings (SSSR count). The molecule has 0 atom stereocenters. The summed E-state index contributed by atoms with van der Waals surface area (Å²) in [7, 11) is -2.87. The molecule has 4 heteroatoms. The van der Waals surface area contributed by atoms with E-state index in [2.05, 4.69) is 168 Å². The molecule has 0 spiro atoms. The van der Waals surface area contributed by atoms with E-state index < -0.39 is 8.25 Å². The van der Waals surface area contributed by atoms with Crippen LogP contribution in [0.1, 0.15) is 105 Å². The minimum Gasteiger partial charge on any atom is -0.134 e. The molecule has 0 heterocycles. The van der Waals surface area contributed by atoms with E-state index in [0.29, 0.717) is 0 Å². The maximum absolute atomic E-state index is 8.70. The highest BCUT2D eigenvalue weighted by Crippen LogP contribution is 2.47. The zero-order valence-corrected chi connectivity index (χ0v) is 29.7. The zero-order valence-electron chi connectivity index (χ0n) is 28.8. The Hall–Kier alpha value is -3.10. The van der Waals surface area contributed by atoms with Crippen molar-refractivity contribution < 1.29 is 14.4 Å². The third-order valence-electron chi connectivity index (χ3n) is 8.10. The van der Waals surface area contributed by atoms with Crippen molar-refractivity contribution in [3.05, 3.63) is 107 Å². The van der Waals surface area contributed by atoms with Crippen molar-refractivity contribution in [2.24, 2.45) is 0 Å². The molecular weight excluding hydrogens is 559 g/mol. The van der Waals surface area contributed by atoms with Crippen LogP contribution in [0.4, 0.5) is 0 Å². The lowest BCUT2D eigenvalue weighted by Gasteiger charge is -2.31. The summed E-state index contributed by atoms with van der Waals surface area (Å²) in [5.41, 5.74) is 13.5. The van der Waals surface area contributed by atoms with Crippen LogP contribution < -0.4 is 0 Å². The second-order valence-corrected chi connectivity index (χ2v) is 16.4. The van der Waals surface area contributed by atoms with Crippen molar-refractivity contribution in [2.75, 3.05) is 0 Å². The van der Waals surface area contributed by atoms with E-state index in [1.807, 2.05) is 0 Å². The van der Waals surface area contributed by atoms with Crippen LogP contribution in [0.25, 0.3) is 33.4 Å². The molecule has 44 heavy (non-hydrogen) atoms. The highest BCUT2D eigenvalue weighted by molar-refractivity contribution is 7.30. The second-order valence-electron chi connectivity index (χ2n) is 15.9. The topological polar surface area (TPSA) is 57.5 Å². The summed E-state index contributed by atoms with van der Waals surface area (Å²) in [6, 6.07) is 32.2. The summed E-state index contributed by atoms with van der Waals surface area (Å²) in [5.74, 6) is 0. The number of hydrogen-bond acceptors (Lipinski definition) is 1. The van der Waals surface area contributed by atoms with Gasteiger partial charge in [0.15, 0.2) is 0 Å². The minimum atomic E-state index is -2.87. The highest BCUT2D eigenvalue weighted by atomic mass is 31.1. The quantitative estimate of drug-likeness (QED) is 0.227. The number of hydrogen-bond donors (Lipinski definition) is 2. The fourth-order valence-corrected chi connectivity index (χ4v) is 5.64. The fourth-order valence-electron chi connectivity index (χ4n) is 5.64. The first-order valence-corrected chi connectivity index (χ1v) is 16.6. The van der Waals surface area contributed by atoms with Crippen LogP contribution in [0.3, 0.4) is 0 Å². The molecule has 0 bridgehead atoms. The van der Waals surface area contributed by atoms with Gasteiger partial charge in [-0.15, -0.1) is 9.79 Å². The molecule has 0 saturated carbocycles. The SMILES string of the molecule is CC(C)(C)c1ccc(-c2cccc(-c3ccccc3)c2-c2ccc(C(C)(C)C)cc2C(C)(C)C)c(C(C)(C)C)c1.O=[P+](O)O. The Kier molecular flexibility index (Phi) is 10.5. The summed E-state index contributed by atoms with van der Waals surface area (Å²) >= 11 is 0. The maximum Gasteiger partial charge on any atom is 0.692 e. The van der Waals surface area contributed by atoms with Gasteiger partial charge in [0.2, 0.25) is 0 Å². The van der Waals surface area contributed by atoms with Crippen LogP contribution in [0.15, 0.2) is 84.9 Å². The first kappa shape index (κ1) is 35.4. The monoisotopic (exact) mass is 611 g/mol. The lowest BCUT2D eigenvalue weighted by Crippen LogP contribution is -2.18. The van der Waals surface area contributed by atoms with E-state index in [-0.39, 0.29) is 21.7 Å². The molecule has 0 aliphatic carbocycles. The Morgan fingerprint density at radius 3 is 1.30 bits per heavy atom. The van der Waals surface area contributed by atoms with Gasteiger partial charge in [-0.2, -0.15) is 0 Å². The Morgan fingerprint density at radius 2 is 0.864 bits per heavy atom. The van der Waals surface area contributed by atoms with Gasteiger partial charge in [0.05, 0.1) is 0 Å². The summed E-state index contributed by atoms with van der Waals surface area (Å²) < 4.78 is 8.70. The molecule has 0 aliphatic rings. The van der Waals surface area contributed by atoms with Crippen LogP contribution in [-0.4, -0.2) is 9.79 Å². The molecule has 4 aromatic carbocycles. The van der Waals surface area contributed by atoms with Gasteiger partial charge in [-0.05, 0) is 77.3 Å². The summed E-state index contributed by atoms with van der Waals surface area (Å²) in [5, 5.41) is 0. The standard InChI is InChI=1S/C40H50.HO3P/c1-37(2,3)28-21-23-31(34(25-28)39(7,8)9)32-20-16-19-30(27-17-14-13-15-18-27)36(32)33-24-22-29(38(4,5)6)26-35(33)40(10,11)12;1-4(2)3/h13-26H,1-12H3;(H-,1,2,3)/p+1. The summed E-state index contributed by atoms with van der Waals surface area (Å²) in [4.78, 5) is 14.2. The average Bonchev–Trinajstić information content (AvgIpc) is 2.90. The summed E-state index contributed by atoms with van der Waals surface area (Å²) in [6.45, 7) is 27.9. The van der Waals surface area contributed by atoms with E-state index in [9.17, 15) is 0 Å². The van der Waals surface area contributed by atoms with Gasteiger partial charge in [0.25, 0.3) is 0 Å². The fraction of sp³-hybridized carbons (Fsp3) is 0.400. The Bertz CT molecular complexity index is 1600. The van der Waals surface area contributed by atoms with E-state index in [0.717, 1.165) is 0 Å². The van der Waals surface area contributed by atoms with Gasteiger partial charge in [-0.1, -0.05) is 168 Å². The van der Waals surface area contributed by atoms with Gasteiger partial charge in [0.1, 0.15) is 0 Å². The third kappa shape index (κ3) is 8.54. The lowest BCUT2D eigenvalue weighted by molar-refractivity contribution is 0.405. The van der Waals surface area contributed by atoms with Crippen LogP contribution in [0.2, 0.25) is 0 Å². The van der Waals surface area contributed by atoms with Crippen LogP contribution in [0, 0.1) is 0 Å². The average molecular weight is 612 g/mol. The highest BCUT2D eigenvalue weighted by Gasteiger charge is 2.28. The molecule has 0 amide bonds. The number of benzene rings is 4. The first-order chi connectivity index (χ1) is 20.1. The van der Waals surface area contributed by atoms with Gasteiger partial charge in [-0.25, -0.2) is 0 Å². The largest absolute Gasteiger partial charge is 0.692 e. The Labute approximate surface area is 267 Å². The maximum atomic E-state index is 8.70. The van der Waals surface area contributed by atoms with E-state index in [4.69, 9.17) is 14.4 Å². The normalized spacial score (nSPS) is 12.4. The third-order valence-corrected chi connectivity index (χ3v) is 8.10. The van der Waals surface area contributed by atoms with Crippen molar-refractivity contribution >= 4 is 8.25 Å². The van der Waals surface area contributed by atoms with Crippen molar-refractivity contribution in [2.45, 2.75) is 105 Å². The van der Waals surface area contributed by atoms with Gasteiger partial charge in [-0.3, -0.25) is 0 Å². The van der Waals surface area contributed by atoms with E-state index in [1.54, 1.807) is 0 Å². The predicted molar refractivity (Wildman–Crippen MR) is 190 cm³/mol. The molecule has 0 saturated heterocycles. The minimum absolute atomic E-state index is 0.000432. The molecule has 0 radical (unpaired) electrons. The van der Waals surface area contributed by atoms with Crippen molar-refractivity contribution in [3.63, 3.8) is 0 Å². The second kappa shape index (κ2) is 13.1. The lowest BCUT2D eigenvalue weighted by atomic mass is 9.73. The molecule has 0 unspecified atom stereocenters. The zero-order chi connectivity index (χ0) is 33.3. The molecule has 0 aromatic heterocycles. The van der Waals surface area contributed by atoms with Gasteiger partial charge >= 0.3 is 8.25 Å². The first-order valence-electron chi connectivity index (χ1n) is 15.5.